The Hall–Kier alpha value is -0.250. The van der Waals surface area contributed by atoms with Crippen molar-refractivity contribution >= 4 is 28.3 Å². The molecule has 2 N–H and O–H groups in total. The minimum absolute atomic E-state index is 0. The van der Waals surface area contributed by atoms with Crippen molar-refractivity contribution in [1.82, 2.24) is 0 Å². The van der Waals surface area contributed by atoms with Gasteiger partial charge in [0.2, 0.25) is 0 Å². The van der Waals surface area contributed by atoms with Gasteiger partial charge < -0.3 is 10.5 Å². The first-order valence-corrected chi connectivity index (χ1v) is 6.57. The van der Waals surface area contributed by atoms with Gasteiger partial charge in [0.1, 0.15) is 5.75 Å². The second-order valence-electron chi connectivity index (χ2n) is 3.99. The Morgan fingerprint density at radius 1 is 1.35 bits per heavy atom. The van der Waals surface area contributed by atoms with Gasteiger partial charge >= 0.3 is 0 Å². The summed E-state index contributed by atoms with van der Waals surface area (Å²) in [6.07, 6.45) is 4.68. The van der Waals surface area contributed by atoms with Crippen molar-refractivity contribution in [2.75, 3.05) is 7.11 Å². The molecule has 17 heavy (non-hydrogen) atoms. The van der Waals surface area contributed by atoms with Gasteiger partial charge in [-0.25, -0.2) is 0 Å². The Labute approximate surface area is 118 Å². The summed E-state index contributed by atoms with van der Waals surface area (Å²) in [6.45, 7) is 2.20. The lowest BCUT2D eigenvalue weighted by molar-refractivity contribution is 0.413. The number of methoxy groups -OCH3 is 1. The predicted octanol–water partition coefficient (Wildman–Crippen LogP) is 4.46. The van der Waals surface area contributed by atoms with Crippen LogP contribution in [0.5, 0.6) is 5.75 Å². The minimum Gasteiger partial charge on any atom is -0.497 e. The molecule has 0 spiro atoms. The molecule has 2 nitrogen and oxygen atoms in total. The monoisotopic (exact) mass is 321 g/mol. The third-order valence-electron chi connectivity index (χ3n) is 2.72. The molecule has 4 heteroatoms. The fraction of sp³-hybridized carbons (Fsp3) is 0.538. The van der Waals surface area contributed by atoms with E-state index in [4.69, 9.17) is 10.5 Å². The van der Waals surface area contributed by atoms with Gasteiger partial charge in [-0.2, -0.15) is 0 Å². The zero-order valence-corrected chi connectivity index (χ0v) is 12.8. The van der Waals surface area contributed by atoms with Crippen LogP contribution in [0.3, 0.4) is 0 Å². The van der Waals surface area contributed by atoms with Crippen LogP contribution >= 0.6 is 28.3 Å². The first-order valence-electron chi connectivity index (χ1n) is 5.78. The number of ether oxygens (including phenoxy) is 1. The van der Waals surface area contributed by atoms with Crippen LogP contribution in [0.15, 0.2) is 22.7 Å². The highest BCUT2D eigenvalue weighted by molar-refractivity contribution is 9.10. The van der Waals surface area contributed by atoms with Crippen molar-refractivity contribution in [2.24, 2.45) is 5.73 Å². The summed E-state index contributed by atoms with van der Waals surface area (Å²) in [4.78, 5) is 0. The molecule has 0 aliphatic rings. The van der Waals surface area contributed by atoms with Crippen molar-refractivity contribution in [3.05, 3.63) is 28.2 Å². The lowest BCUT2D eigenvalue weighted by Gasteiger charge is -2.14. The maximum absolute atomic E-state index is 6.17. The Bertz CT molecular complexity index is 333. The van der Waals surface area contributed by atoms with E-state index in [1.807, 2.05) is 18.2 Å². The van der Waals surface area contributed by atoms with Crippen LogP contribution in [0.25, 0.3) is 0 Å². The molecular weight excluding hydrogens is 302 g/mol. The van der Waals surface area contributed by atoms with Gasteiger partial charge in [-0.3, -0.25) is 0 Å². The summed E-state index contributed by atoms with van der Waals surface area (Å²) in [5, 5.41) is 0. The molecule has 0 saturated heterocycles. The second-order valence-corrected chi connectivity index (χ2v) is 4.84. The average molecular weight is 323 g/mol. The van der Waals surface area contributed by atoms with Crippen LogP contribution in [-0.2, 0) is 0 Å². The molecule has 0 aromatic heterocycles. The quantitative estimate of drug-likeness (QED) is 0.785. The molecule has 0 amide bonds. The van der Waals surface area contributed by atoms with E-state index in [9.17, 15) is 0 Å². The summed E-state index contributed by atoms with van der Waals surface area (Å²) in [6, 6.07) is 6.04. The Balaban J connectivity index is 0.00000256. The van der Waals surface area contributed by atoms with Gasteiger partial charge in [-0.1, -0.05) is 42.1 Å². The first-order chi connectivity index (χ1) is 7.69. The lowest BCUT2D eigenvalue weighted by Crippen LogP contribution is -2.11. The lowest BCUT2D eigenvalue weighted by atomic mass is 10.0. The molecule has 1 atom stereocenters. The first kappa shape index (κ1) is 16.8. The topological polar surface area (TPSA) is 35.2 Å². The van der Waals surface area contributed by atoms with E-state index in [-0.39, 0.29) is 18.4 Å². The zero-order chi connectivity index (χ0) is 12.0. The largest absolute Gasteiger partial charge is 0.497 e. The number of hydrogen-bond donors (Lipinski definition) is 1. The molecule has 1 aromatic carbocycles. The molecule has 0 heterocycles. The Kier molecular flexibility index (Phi) is 8.66. The number of hydrogen-bond acceptors (Lipinski definition) is 2. The summed E-state index contributed by atoms with van der Waals surface area (Å²) in [7, 11) is 1.68. The number of rotatable bonds is 6. The van der Waals surface area contributed by atoms with Crippen molar-refractivity contribution in [3.8, 4) is 5.75 Å². The van der Waals surface area contributed by atoms with Crippen molar-refractivity contribution < 1.29 is 4.74 Å². The summed E-state index contributed by atoms with van der Waals surface area (Å²) >= 11 is 3.53. The van der Waals surface area contributed by atoms with Crippen LogP contribution in [0.2, 0.25) is 0 Å². The molecular formula is C13H21BrClNO. The maximum Gasteiger partial charge on any atom is 0.119 e. The third-order valence-corrected chi connectivity index (χ3v) is 3.44. The molecule has 1 rings (SSSR count). The highest BCUT2D eigenvalue weighted by Gasteiger charge is 2.10. The van der Waals surface area contributed by atoms with Crippen molar-refractivity contribution in [2.45, 2.75) is 38.6 Å². The average Bonchev–Trinajstić information content (AvgIpc) is 2.30. The van der Waals surface area contributed by atoms with E-state index in [2.05, 4.69) is 22.9 Å². The SMILES string of the molecule is CCCCC[C@H](N)c1cc(OC)ccc1Br.Cl. The summed E-state index contributed by atoms with van der Waals surface area (Å²) in [5.74, 6) is 0.865. The zero-order valence-electron chi connectivity index (χ0n) is 10.4. The van der Waals surface area contributed by atoms with Gasteiger partial charge in [0.25, 0.3) is 0 Å². The van der Waals surface area contributed by atoms with Crippen molar-refractivity contribution in [1.29, 1.82) is 0 Å². The Morgan fingerprint density at radius 2 is 2.06 bits per heavy atom. The van der Waals surface area contributed by atoms with Crippen LogP contribution in [0.1, 0.15) is 44.2 Å². The molecule has 0 saturated carbocycles. The predicted molar refractivity (Wildman–Crippen MR) is 79.0 cm³/mol. The molecule has 0 bridgehead atoms. The van der Waals surface area contributed by atoms with Gasteiger partial charge in [0.05, 0.1) is 7.11 Å². The van der Waals surface area contributed by atoms with E-state index in [0.717, 1.165) is 22.2 Å². The van der Waals surface area contributed by atoms with Crippen LogP contribution in [0.4, 0.5) is 0 Å². The van der Waals surface area contributed by atoms with Gasteiger partial charge in [-0.05, 0) is 30.2 Å². The molecule has 0 radical (unpaired) electrons. The summed E-state index contributed by atoms with van der Waals surface area (Å²) in [5.41, 5.74) is 7.31. The fourth-order valence-corrected chi connectivity index (χ4v) is 2.24. The van der Waals surface area contributed by atoms with Crippen LogP contribution in [0, 0.1) is 0 Å². The number of halogens is 2. The molecule has 0 aliphatic heterocycles. The van der Waals surface area contributed by atoms with Gasteiger partial charge in [-0.15, -0.1) is 12.4 Å². The highest BCUT2D eigenvalue weighted by Crippen LogP contribution is 2.29. The second kappa shape index (κ2) is 8.78. The smallest absolute Gasteiger partial charge is 0.119 e. The number of nitrogens with two attached hydrogens (primary N) is 1. The van der Waals surface area contributed by atoms with Crippen LogP contribution in [-0.4, -0.2) is 7.11 Å². The van der Waals surface area contributed by atoms with Crippen LogP contribution < -0.4 is 10.5 Å². The number of benzene rings is 1. The van der Waals surface area contributed by atoms with E-state index in [0.29, 0.717) is 0 Å². The molecule has 98 valence electrons. The number of unbranched alkanes of at least 4 members (excludes halogenated alkanes) is 2. The van der Waals surface area contributed by atoms with Crippen molar-refractivity contribution in [3.63, 3.8) is 0 Å². The van der Waals surface area contributed by atoms with E-state index < -0.39 is 0 Å². The normalized spacial score (nSPS) is 11.8. The van der Waals surface area contributed by atoms with E-state index in [1.54, 1.807) is 7.11 Å². The van der Waals surface area contributed by atoms with E-state index in [1.165, 1.54) is 19.3 Å². The molecule has 0 fully saturated rings. The molecule has 0 aliphatic carbocycles. The maximum atomic E-state index is 6.17. The molecule has 0 unspecified atom stereocenters. The highest BCUT2D eigenvalue weighted by atomic mass is 79.9. The standard InChI is InChI=1S/C13H20BrNO.ClH/c1-3-4-5-6-13(15)11-9-10(16-2)7-8-12(11)14;/h7-9,13H,3-6,15H2,1-2H3;1H/t13-;/m0./s1. The van der Waals surface area contributed by atoms with Gasteiger partial charge in [0.15, 0.2) is 0 Å². The summed E-state index contributed by atoms with van der Waals surface area (Å²) < 4.78 is 6.28. The Morgan fingerprint density at radius 3 is 2.65 bits per heavy atom. The minimum atomic E-state index is 0. The van der Waals surface area contributed by atoms with Gasteiger partial charge in [0, 0.05) is 10.5 Å². The third kappa shape index (κ3) is 5.28. The fourth-order valence-electron chi connectivity index (χ4n) is 1.70. The molecule has 1 aromatic rings. The van der Waals surface area contributed by atoms with E-state index >= 15 is 0 Å².